The molecule has 0 radical (unpaired) electrons. The standard InChI is InChI=1S/C24H33N7O/c1-16(2)18(11-25)10-23(27)31-24-4-3-21-22(30-24)9-19(15-29-21)20(12-26)14-28-13-17-5-7-32-8-6-17/h3-4,9-12,14-17,26,28H,5-8,13,25,27H2,1-2H3,(H,30,31)/b18-11+,20-14+,23-10+,26-12?. The number of anilines is 1. The van der Waals surface area contributed by atoms with Gasteiger partial charge in [-0.2, -0.15) is 0 Å². The molecule has 0 saturated carbocycles. The summed E-state index contributed by atoms with van der Waals surface area (Å²) in [7, 11) is 0. The topological polar surface area (TPSA) is 135 Å². The lowest BCUT2D eigenvalue weighted by atomic mass is 10.0. The summed E-state index contributed by atoms with van der Waals surface area (Å²) in [5, 5.41) is 14.3. The third-order valence-corrected chi connectivity index (χ3v) is 5.48. The largest absolute Gasteiger partial charge is 0.404 e. The Kier molecular flexibility index (Phi) is 8.21. The van der Waals surface area contributed by atoms with E-state index in [1.54, 1.807) is 12.4 Å². The molecular formula is C24H33N7O. The number of hydrogen-bond donors (Lipinski definition) is 5. The SMILES string of the molecule is CC(C)C(=C/N)/C=C(\N)Nc1ccc2ncc(/C(C=N)=C/NCC3CCOCC3)cc2n1. The van der Waals surface area contributed by atoms with E-state index in [9.17, 15) is 0 Å². The lowest BCUT2D eigenvalue weighted by Gasteiger charge is -2.21. The minimum atomic E-state index is 0.267. The van der Waals surface area contributed by atoms with E-state index in [2.05, 4.69) is 34.4 Å². The van der Waals surface area contributed by atoms with Crippen molar-refractivity contribution in [1.29, 1.82) is 5.41 Å². The summed E-state index contributed by atoms with van der Waals surface area (Å²) in [6, 6.07) is 5.65. The van der Waals surface area contributed by atoms with Gasteiger partial charge in [0.15, 0.2) is 0 Å². The Bertz CT molecular complexity index is 1020. The van der Waals surface area contributed by atoms with Gasteiger partial charge < -0.3 is 32.2 Å². The fourth-order valence-corrected chi connectivity index (χ4v) is 3.50. The molecule has 0 aliphatic carbocycles. The first-order valence-electron chi connectivity index (χ1n) is 10.9. The summed E-state index contributed by atoms with van der Waals surface area (Å²) in [4.78, 5) is 9.15. The number of fused-ring (bicyclic) bond motifs is 1. The highest BCUT2D eigenvalue weighted by Gasteiger charge is 2.13. The van der Waals surface area contributed by atoms with Crippen molar-refractivity contribution in [1.82, 2.24) is 15.3 Å². The molecule has 3 heterocycles. The van der Waals surface area contributed by atoms with Gasteiger partial charge in [-0.1, -0.05) is 13.8 Å². The molecule has 2 aromatic heterocycles. The molecule has 2 aromatic rings. The summed E-state index contributed by atoms with van der Waals surface area (Å²) >= 11 is 0. The van der Waals surface area contributed by atoms with Crippen LogP contribution in [-0.4, -0.2) is 35.9 Å². The number of allylic oxidation sites excluding steroid dienone is 3. The van der Waals surface area contributed by atoms with Gasteiger partial charge >= 0.3 is 0 Å². The van der Waals surface area contributed by atoms with Gasteiger partial charge in [0.2, 0.25) is 0 Å². The Morgan fingerprint density at radius 2 is 2.06 bits per heavy atom. The first-order valence-corrected chi connectivity index (χ1v) is 10.9. The summed E-state index contributed by atoms with van der Waals surface area (Å²) < 4.78 is 5.41. The molecule has 3 rings (SSSR count). The van der Waals surface area contributed by atoms with Gasteiger partial charge in [0.1, 0.15) is 11.6 Å². The van der Waals surface area contributed by atoms with Crippen LogP contribution in [-0.2, 0) is 4.74 Å². The highest BCUT2D eigenvalue weighted by atomic mass is 16.5. The maximum atomic E-state index is 7.83. The van der Waals surface area contributed by atoms with Gasteiger partial charge in [-0.15, -0.1) is 0 Å². The average Bonchev–Trinajstić information content (AvgIpc) is 2.80. The zero-order chi connectivity index (χ0) is 22.9. The quantitative estimate of drug-likeness (QED) is 0.301. The third kappa shape index (κ3) is 6.31. The highest BCUT2D eigenvalue weighted by Crippen LogP contribution is 2.20. The van der Waals surface area contributed by atoms with Crippen LogP contribution in [0.15, 0.2) is 54.3 Å². The predicted molar refractivity (Wildman–Crippen MR) is 131 cm³/mol. The number of ether oxygens (including phenoxy) is 1. The highest BCUT2D eigenvalue weighted by molar-refractivity contribution is 6.08. The molecule has 8 heteroatoms. The van der Waals surface area contributed by atoms with Crippen LogP contribution in [0.2, 0.25) is 0 Å². The number of nitrogens with one attached hydrogen (secondary N) is 3. The molecule has 0 unspecified atom stereocenters. The van der Waals surface area contributed by atoms with Crippen LogP contribution in [0.5, 0.6) is 0 Å². The van der Waals surface area contributed by atoms with Crippen molar-refractivity contribution in [3.8, 4) is 0 Å². The number of nitrogens with two attached hydrogens (primary N) is 2. The Balaban J connectivity index is 1.75. The van der Waals surface area contributed by atoms with E-state index in [1.807, 2.05) is 30.5 Å². The molecule has 8 nitrogen and oxygen atoms in total. The fraction of sp³-hybridized carbons (Fsp3) is 0.375. The van der Waals surface area contributed by atoms with Crippen molar-refractivity contribution in [2.24, 2.45) is 23.3 Å². The third-order valence-electron chi connectivity index (χ3n) is 5.48. The van der Waals surface area contributed by atoms with E-state index >= 15 is 0 Å². The van der Waals surface area contributed by atoms with Gasteiger partial charge in [0.05, 0.1) is 11.0 Å². The molecule has 0 bridgehead atoms. The van der Waals surface area contributed by atoms with Gasteiger partial charge in [0.25, 0.3) is 0 Å². The van der Waals surface area contributed by atoms with Crippen molar-refractivity contribution in [2.75, 3.05) is 25.1 Å². The van der Waals surface area contributed by atoms with Crippen LogP contribution in [0.4, 0.5) is 5.82 Å². The lowest BCUT2D eigenvalue weighted by molar-refractivity contribution is 0.0672. The van der Waals surface area contributed by atoms with Gasteiger partial charge in [-0.3, -0.25) is 4.98 Å². The molecule has 0 amide bonds. The Labute approximate surface area is 189 Å². The summed E-state index contributed by atoms with van der Waals surface area (Å²) in [6.45, 7) is 6.62. The molecule has 0 spiro atoms. The lowest BCUT2D eigenvalue weighted by Crippen LogP contribution is -2.25. The maximum Gasteiger partial charge on any atom is 0.132 e. The molecule has 1 fully saturated rings. The van der Waals surface area contributed by atoms with Crippen molar-refractivity contribution < 1.29 is 4.74 Å². The number of nitrogens with zero attached hydrogens (tertiary/aromatic N) is 2. The zero-order valence-electron chi connectivity index (χ0n) is 18.8. The number of pyridine rings is 2. The maximum absolute atomic E-state index is 7.83. The van der Waals surface area contributed by atoms with Crippen molar-refractivity contribution in [3.63, 3.8) is 0 Å². The molecule has 32 heavy (non-hydrogen) atoms. The van der Waals surface area contributed by atoms with E-state index < -0.39 is 0 Å². The Morgan fingerprint density at radius 1 is 1.28 bits per heavy atom. The van der Waals surface area contributed by atoms with Gasteiger partial charge in [0, 0.05) is 49.5 Å². The number of aromatic nitrogens is 2. The monoisotopic (exact) mass is 435 g/mol. The molecule has 1 aliphatic rings. The van der Waals surface area contributed by atoms with E-state index in [0.29, 0.717) is 17.6 Å². The second-order valence-corrected chi connectivity index (χ2v) is 8.21. The second-order valence-electron chi connectivity index (χ2n) is 8.21. The average molecular weight is 436 g/mol. The van der Waals surface area contributed by atoms with Crippen LogP contribution < -0.4 is 22.1 Å². The Hall–Kier alpha value is -3.39. The smallest absolute Gasteiger partial charge is 0.132 e. The molecule has 0 aromatic carbocycles. The molecule has 170 valence electrons. The molecule has 1 aliphatic heterocycles. The van der Waals surface area contributed by atoms with Crippen molar-refractivity contribution in [2.45, 2.75) is 26.7 Å². The van der Waals surface area contributed by atoms with E-state index in [-0.39, 0.29) is 5.92 Å². The first kappa shape index (κ1) is 23.3. The van der Waals surface area contributed by atoms with Crippen molar-refractivity contribution in [3.05, 3.63) is 59.8 Å². The van der Waals surface area contributed by atoms with Crippen LogP contribution in [0, 0.1) is 17.2 Å². The second kappa shape index (κ2) is 11.3. The first-order chi connectivity index (χ1) is 15.5. The van der Waals surface area contributed by atoms with Crippen LogP contribution >= 0.6 is 0 Å². The van der Waals surface area contributed by atoms with Crippen molar-refractivity contribution >= 4 is 28.6 Å². The predicted octanol–water partition coefficient (Wildman–Crippen LogP) is 3.35. The summed E-state index contributed by atoms with van der Waals surface area (Å²) in [6.07, 6.45) is 10.5. The molecular weight excluding hydrogens is 402 g/mol. The molecule has 7 N–H and O–H groups in total. The van der Waals surface area contributed by atoms with Crippen LogP contribution in [0.1, 0.15) is 32.3 Å². The molecule has 1 saturated heterocycles. The Morgan fingerprint density at radius 3 is 2.75 bits per heavy atom. The molecule has 0 atom stereocenters. The zero-order valence-corrected chi connectivity index (χ0v) is 18.8. The minimum Gasteiger partial charge on any atom is -0.404 e. The van der Waals surface area contributed by atoms with Gasteiger partial charge in [-0.25, -0.2) is 4.98 Å². The number of rotatable bonds is 9. The van der Waals surface area contributed by atoms with E-state index in [0.717, 1.165) is 60.3 Å². The summed E-state index contributed by atoms with van der Waals surface area (Å²) in [5.41, 5.74) is 15.8. The van der Waals surface area contributed by atoms with Crippen LogP contribution in [0.25, 0.3) is 16.6 Å². The van der Waals surface area contributed by atoms with Gasteiger partial charge in [-0.05, 0) is 60.7 Å². The van der Waals surface area contributed by atoms with Crippen LogP contribution in [0.3, 0.4) is 0 Å². The van der Waals surface area contributed by atoms with E-state index in [4.69, 9.17) is 21.6 Å². The fourth-order valence-electron chi connectivity index (χ4n) is 3.50. The summed E-state index contributed by atoms with van der Waals surface area (Å²) in [5.74, 6) is 1.94. The minimum absolute atomic E-state index is 0.267. The van der Waals surface area contributed by atoms with E-state index in [1.165, 1.54) is 6.21 Å². The normalized spacial score (nSPS) is 16.4. The number of hydrogen-bond acceptors (Lipinski definition) is 8.